The van der Waals surface area contributed by atoms with Crippen LogP contribution in [0.5, 0.6) is 0 Å². The maximum atomic E-state index is 12.5. The van der Waals surface area contributed by atoms with Crippen molar-refractivity contribution in [3.05, 3.63) is 29.3 Å². The van der Waals surface area contributed by atoms with Crippen LogP contribution in [-0.2, 0) is 14.3 Å². The number of likely N-dealkylation sites (tertiary alicyclic amines) is 1. The fraction of sp³-hybridized carbons (Fsp3) is 0.526. The lowest BCUT2D eigenvalue weighted by Crippen LogP contribution is -3.15. The van der Waals surface area contributed by atoms with E-state index in [-0.39, 0.29) is 22.7 Å². The molecule has 0 bridgehead atoms. The molecule has 26 heavy (non-hydrogen) atoms. The molecule has 0 radical (unpaired) electrons. The highest BCUT2D eigenvalue weighted by Crippen LogP contribution is 2.20. The number of methoxy groups -OCH3 is 2. The van der Waals surface area contributed by atoms with Gasteiger partial charge in [0.1, 0.15) is 0 Å². The highest BCUT2D eigenvalue weighted by atomic mass is 16.5. The van der Waals surface area contributed by atoms with Crippen LogP contribution in [0, 0.1) is 11.8 Å². The Balaban J connectivity index is 2.16. The number of piperidine rings is 1. The number of rotatable bonds is 5. The molecule has 0 saturated carbocycles. The number of anilines is 1. The van der Waals surface area contributed by atoms with Gasteiger partial charge in [-0.15, -0.1) is 0 Å². The minimum Gasteiger partial charge on any atom is -0.465 e. The molecule has 1 fully saturated rings. The molecule has 1 heterocycles. The number of esters is 2. The van der Waals surface area contributed by atoms with E-state index in [1.165, 1.54) is 43.7 Å². The maximum Gasteiger partial charge on any atom is 0.339 e. The number of hydrogen-bond donors (Lipinski definition) is 2. The summed E-state index contributed by atoms with van der Waals surface area (Å²) in [5.41, 5.74) is 0.703. The Morgan fingerprint density at radius 3 is 2.27 bits per heavy atom. The summed E-state index contributed by atoms with van der Waals surface area (Å²) in [4.78, 5) is 37.4. The fourth-order valence-corrected chi connectivity index (χ4v) is 3.67. The van der Waals surface area contributed by atoms with Crippen LogP contribution in [0.3, 0.4) is 0 Å². The van der Waals surface area contributed by atoms with Gasteiger partial charge in [-0.1, -0.05) is 13.8 Å². The fourth-order valence-electron chi connectivity index (χ4n) is 3.67. The van der Waals surface area contributed by atoms with Gasteiger partial charge in [-0.3, -0.25) is 4.79 Å². The molecule has 1 amide bonds. The van der Waals surface area contributed by atoms with Crippen LogP contribution >= 0.6 is 0 Å². The van der Waals surface area contributed by atoms with E-state index in [1.54, 1.807) is 0 Å². The Labute approximate surface area is 153 Å². The van der Waals surface area contributed by atoms with Crippen LogP contribution < -0.4 is 10.2 Å². The van der Waals surface area contributed by atoms with Crippen molar-refractivity contribution in [2.75, 3.05) is 39.2 Å². The summed E-state index contributed by atoms with van der Waals surface area (Å²) in [5, 5.41) is 2.75. The van der Waals surface area contributed by atoms with Crippen LogP contribution in [0.4, 0.5) is 5.69 Å². The van der Waals surface area contributed by atoms with Gasteiger partial charge in [-0.25, -0.2) is 9.59 Å². The number of quaternary nitrogens is 1. The molecule has 142 valence electrons. The number of ether oxygens (including phenoxy) is 2. The van der Waals surface area contributed by atoms with Gasteiger partial charge in [0, 0.05) is 11.8 Å². The Hall–Kier alpha value is -2.41. The largest absolute Gasteiger partial charge is 0.465 e. The molecule has 2 N–H and O–H groups in total. The first-order valence-corrected chi connectivity index (χ1v) is 8.78. The zero-order valence-electron chi connectivity index (χ0n) is 15.8. The van der Waals surface area contributed by atoms with E-state index in [4.69, 9.17) is 9.47 Å². The number of amides is 1. The van der Waals surface area contributed by atoms with Crippen LogP contribution in [-0.4, -0.2) is 51.7 Å². The molecular weight excluding hydrogens is 336 g/mol. The van der Waals surface area contributed by atoms with E-state index in [9.17, 15) is 14.4 Å². The van der Waals surface area contributed by atoms with Gasteiger partial charge in [0.05, 0.1) is 44.1 Å². The number of carbonyl (C=O) groups is 3. The molecule has 2 atom stereocenters. The zero-order chi connectivity index (χ0) is 19.3. The molecule has 0 aromatic heterocycles. The molecule has 1 aromatic carbocycles. The first kappa shape index (κ1) is 19.9. The van der Waals surface area contributed by atoms with Gasteiger partial charge >= 0.3 is 11.9 Å². The Kier molecular flexibility index (Phi) is 6.74. The number of carbonyl (C=O) groups excluding carboxylic acids is 3. The summed E-state index contributed by atoms with van der Waals surface area (Å²) in [7, 11) is 2.54. The highest BCUT2D eigenvalue weighted by Gasteiger charge is 2.27. The topological polar surface area (TPSA) is 86.1 Å². The monoisotopic (exact) mass is 363 g/mol. The average Bonchev–Trinajstić information content (AvgIpc) is 2.59. The van der Waals surface area contributed by atoms with E-state index in [1.807, 2.05) is 0 Å². The quantitative estimate of drug-likeness (QED) is 0.755. The summed E-state index contributed by atoms with van der Waals surface area (Å²) >= 11 is 0. The van der Waals surface area contributed by atoms with Crippen molar-refractivity contribution >= 4 is 23.5 Å². The molecule has 2 rings (SSSR count). The SMILES string of the molecule is COC(=O)c1ccc(C(=O)OC)c(NC(=O)C[NH+]2C[C@H](C)C[C@@H](C)C2)c1. The van der Waals surface area contributed by atoms with Crippen molar-refractivity contribution in [2.24, 2.45) is 11.8 Å². The predicted octanol–water partition coefficient (Wildman–Crippen LogP) is 0.759. The zero-order valence-corrected chi connectivity index (χ0v) is 15.8. The first-order chi connectivity index (χ1) is 12.3. The molecule has 1 saturated heterocycles. The van der Waals surface area contributed by atoms with Crippen molar-refractivity contribution < 1.29 is 28.8 Å². The molecule has 1 aliphatic heterocycles. The lowest BCUT2D eigenvalue weighted by molar-refractivity contribution is -0.904. The minimum absolute atomic E-state index is 0.198. The molecule has 7 nitrogen and oxygen atoms in total. The minimum atomic E-state index is -0.579. The van der Waals surface area contributed by atoms with Crippen LogP contribution in [0.15, 0.2) is 18.2 Å². The summed E-state index contributed by atoms with van der Waals surface area (Å²) in [6, 6.07) is 4.35. The van der Waals surface area contributed by atoms with Crippen molar-refractivity contribution in [3.8, 4) is 0 Å². The van der Waals surface area contributed by atoms with Crippen LogP contribution in [0.2, 0.25) is 0 Å². The van der Waals surface area contributed by atoms with Crippen molar-refractivity contribution in [2.45, 2.75) is 20.3 Å². The lowest BCUT2D eigenvalue weighted by atomic mass is 9.92. The Bertz CT molecular complexity index is 679. The van der Waals surface area contributed by atoms with Gasteiger partial charge in [0.15, 0.2) is 6.54 Å². The van der Waals surface area contributed by atoms with Crippen LogP contribution in [0.25, 0.3) is 0 Å². The second kappa shape index (κ2) is 8.80. The van der Waals surface area contributed by atoms with Gasteiger partial charge in [-0.2, -0.15) is 0 Å². The van der Waals surface area contributed by atoms with Crippen molar-refractivity contribution in [3.63, 3.8) is 0 Å². The van der Waals surface area contributed by atoms with E-state index < -0.39 is 11.9 Å². The number of hydrogen-bond acceptors (Lipinski definition) is 5. The molecule has 1 aliphatic rings. The summed E-state index contributed by atoms with van der Waals surface area (Å²) in [6.45, 7) is 6.61. The molecule has 7 heteroatoms. The third-order valence-corrected chi connectivity index (χ3v) is 4.61. The molecule has 0 aliphatic carbocycles. The second-order valence-corrected chi connectivity index (χ2v) is 7.07. The van der Waals surface area contributed by atoms with Gasteiger partial charge in [-0.05, 0) is 24.6 Å². The first-order valence-electron chi connectivity index (χ1n) is 8.78. The van der Waals surface area contributed by atoms with Gasteiger partial charge in [0.25, 0.3) is 5.91 Å². The normalized spacial score (nSPS) is 22.4. The van der Waals surface area contributed by atoms with Gasteiger partial charge in [0.2, 0.25) is 0 Å². The van der Waals surface area contributed by atoms with E-state index in [2.05, 4.69) is 19.2 Å². The Morgan fingerprint density at radius 1 is 1.08 bits per heavy atom. The number of nitrogens with one attached hydrogen (secondary N) is 2. The maximum absolute atomic E-state index is 12.5. The standard InChI is InChI=1S/C19H26N2O5/c1-12-7-13(2)10-21(9-12)11-17(22)20-16-8-14(18(23)25-3)5-6-15(16)19(24)26-4/h5-6,8,12-13H,7,9-11H2,1-4H3,(H,20,22)/p+1/t12-,13-/m1/s1. The summed E-state index contributed by atoms with van der Waals surface area (Å²) in [5.74, 6) is -0.163. The third-order valence-electron chi connectivity index (χ3n) is 4.61. The molecular formula is C19H27N2O5+. The predicted molar refractivity (Wildman–Crippen MR) is 96.3 cm³/mol. The van der Waals surface area contributed by atoms with Crippen molar-refractivity contribution in [1.82, 2.24) is 0 Å². The molecule has 1 aromatic rings. The van der Waals surface area contributed by atoms with Gasteiger partial charge < -0.3 is 19.7 Å². The summed E-state index contributed by atoms with van der Waals surface area (Å²) < 4.78 is 9.45. The van der Waals surface area contributed by atoms with Crippen LogP contribution in [0.1, 0.15) is 41.0 Å². The summed E-state index contributed by atoms with van der Waals surface area (Å²) in [6.07, 6.45) is 1.18. The Morgan fingerprint density at radius 2 is 1.69 bits per heavy atom. The molecule has 0 unspecified atom stereocenters. The van der Waals surface area contributed by atoms with E-state index in [0.29, 0.717) is 18.4 Å². The number of benzene rings is 1. The van der Waals surface area contributed by atoms with Crippen molar-refractivity contribution in [1.29, 1.82) is 0 Å². The van der Waals surface area contributed by atoms with E-state index in [0.717, 1.165) is 13.1 Å². The highest BCUT2D eigenvalue weighted by molar-refractivity contribution is 6.03. The molecule has 0 spiro atoms. The smallest absolute Gasteiger partial charge is 0.339 e. The lowest BCUT2D eigenvalue weighted by Gasteiger charge is -2.31. The second-order valence-electron chi connectivity index (χ2n) is 7.07. The average molecular weight is 363 g/mol. The third kappa shape index (κ3) is 5.05. The van der Waals surface area contributed by atoms with E-state index >= 15 is 0 Å².